The van der Waals surface area contributed by atoms with E-state index < -0.39 is 0 Å². The molecule has 0 aliphatic heterocycles. The Morgan fingerprint density at radius 1 is 1.12 bits per heavy atom. The highest BCUT2D eigenvalue weighted by Gasteiger charge is 2.34. The third-order valence-electron chi connectivity index (χ3n) is 5.61. The van der Waals surface area contributed by atoms with Crippen molar-refractivity contribution < 1.29 is 9.28 Å². The van der Waals surface area contributed by atoms with Gasteiger partial charge in [-0.3, -0.25) is 4.79 Å². The van der Waals surface area contributed by atoms with Crippen LogP contribution in [0.2, 0.25) is 0 Å². The van der Waals surface area contributed by atoms with Crippen LogP contribution < -0.4 is 0 Å². The molecular weight excluding hydrogens is 296 g/mol. The van der Waals surface area contributed by atoms with Crippen molar-refractivity contribution >= 4 is 5.78 Å². The van der Waals surface area contributed by atoms with Gasteiger partial charge in [0.15, 0.2) is 0 Å². The first-order valence-corrected chi connectivity index (χ1v) is 9.00. The van der Waals surface area contributed by atoms with Crippen molar-refractivity contribution in [2.24, 2.45) is 0 Å². The standard InChI is InChI=1S/C21H29N2O/c1-16-14-20(17(2)22(16)18-10-6-5-7-11-18)21(24)15-23(3,4)19-12-8-9-13-19/h5-7,10-11,14,19H,8-9,12-13,15H2,1-4H3/q+1. The maximum atomic E-state index is 13.0. The number of rotatable bonds is 5. The molecule has 0 saturated heterocycles. The predicted molar refractivity (Wildman–Crippen MR) is 98.8 cm³/mol. The summed E-state index contributed by atoms with van der Waals surface area (Å²) in [5, 5.41) is 0. The highest BCUT2D eigenvalue weighted by atomic mass is 16.1. The lowest BCUT2D eigenvalue weighted by Gasteiger charge is -2.35. The fourth-order valence-corrected chi connectivity index (χ4v) is 4.21. The summed E-state index contributed by atoms with van der Waals surface area (Å²) in [5.41, 5.74) is 4.17. The molecule has 0 amide bonds. The Labute approximate surface area is 145 Å². The van der Waals surface area contributed by atoms with Crippen LogP contribution in [-0.2, 0) is 0 Å². The van der Waals surface area contributed by atoms with Gasteiger partial charge in [0.05, 0.1) is 20.1 Å². The Morgan fingerprint density at radius 3 is 2.38 bits per heavy atom. The van der Waals surface area contributed by atoms with Crippen LogP contribution in [0, 0.1) is 13.8 Å². The Kier molecular flexibility index (Phi) is 4.64. The van der Waals surface area contributed by atoms with E-state index in [1.165, 1.54) is 25.7 Å². The van der Waals surface area contributed by atoms with E-state index in [1.54, 1.807) is 0 Å². The van der Waals surface area contributed by atoms with Crippen molar-refractivity contribution in [2.45, 2.75) is 45.6 Å². The van der Waals surface area contributed by atoms with E-state index in [9.17, 15) is 4.79 Å². The maximum absolute atomic E-state index is 13.0. The Bertz CT molecular complexity index is 722. The van der Waals surface area contributed by atoms with Gasteiger partial charge in [-0.05, 0) is 57.7 Å². The largest absolute Gasteiger partial charge is 0.320 e. The molecule has 1 fully saturated rings. The number of quaternary nitrogens is 1. The lowest BCUT2D eigenvalue weighted by molar-refractivity contribution is -0.906. The third kappa shape index (κ3) is 3.18. The van der Waals surface area contributed by atoms with E-state index >= 15 is 0 Å². The number of hydrogen-bond donors (Lipinski definition) is 0. The van der Waals surface area contributed by atoms with E-state index in [0.29, 0.717) is 12.6 Å². The van der Waals surface area contributed by atoms with Crippen LogP contribution in [0.25, 0.3) is 5.69 Å². The van der Waals surface area contributed by atoms with Crippen molar-refractivity contribution in [1.82, 2.24) is 4.57 Å². The second kappa shape index (κ2) is 6.56. The molecule has 128 valence electrons. The van der Waals surface area contributed by atoms with Gasteiger partial charge in [0.25, 0.3) is 0 Å². The topological polar surface area (TPSA) is 22.0 Å². The molecule has 1 aromatic carbocycles. The number of ketones is 1. The van der Waals surface area contributed by atoms with E-state index in [1.807, 2.05) is 18.2 Å². The van der Waals surface area contributed by atoms with Crippen LogP contribution in [0.4, 0.5) is 0 Å². The number of aromatic nitrogens is 1. The third-order valence-corrected chi connectivity index (χ3v) is 5.61. The minimum Gasteiger partial charge on any atom is -0.320 e. The Hall–Kier alpha value is -1.87. The number of Topliss-reactive ketones (excluding diaryl/α,β-unsaturated/α-hetero) is 1. The number of benzene rings is 1. The van der Waals surface area contributed by atoms with Crippen LogP contribution in [0.15, 0.2) is 36.4 Å². The number of para-hydroxylation sites is 1. The molecule has 1 aliphatic carbocycles. The highest BCUT2D eigenvalue weighted by molar-refractivity contribution is 5.98. The van der Waals surface area contributed by atoms with Gasteiger partial charge in [0.1, 0.15) is 6.54 Å². The lowest BCUT2D eigenvalue weighted by atomic mass is 10.1. The number of likely N-dealkylation sites (N-methyl/N-ethyl adjacent to an activating group) is 1. The zero-order chi connectivity index (χ0) is 17.3. The molecule has 1 heterocycles. The van der Waals surface area contributed by atoms with E-state index in [0.717, 1.165) is 27.1 Å². The summed E-state index contributed by atoms with van der Waals surface area (Å²) in [6, 6.07) is 13.0. The van der Waals surface area contributed by atoms with Gasteiger partial charge in [-0.1, -0.05) is 18.2 Å². The quantitative estimate of drug-likeness (QED) is 0.593. The minimum atomic E-state index is 0.266. The molecule has 0 N–H and O–H groups in total. The van der Waals surface area contributed by atoms with E-state index in [2.05, 4.69) is 50.7 Å². The second-order valence-corrected chi connectivity index (χ2v) is 7.75. The fourth-order valence-electron chi connectivity index (χ4n) is 4.21. The number of carbonyl (C=O) groups is 1. The normalized spacial score (nSPS) is 15.8. The van der Waals surface area contributed by atoms with Crippen LogP contribution >= 0.6 is 0 Å². The number of aryl methyl sites for hydroxylation is 1. The van der Waals surface area contributed by atoms with Gasteiger partial charge in [-0.15, -0.1) is 0 Å². The molecule has 1 saturated carbocycles. The van der Waals surface area contributed by atoms with Crippen molar-refractivity contribution in [3.63, 3.8) is 0 Å². The van der Waals surface area contributed by atoms with Gasteiger partial charge in [0, 0.05) is 22.6 Å². The second-order valence-electron chi connectivity index (χ2n) is 7.75. The molecule has 0 unspecified atom stereocenters. The molecular formula is C21H29N2O+. The molecule has 3 nitrogen and oxygen atoms in total. The van der Waals surface area contributed by atoms with Crippen molar-refractivity contribution in [3.05, 3.63) is 53.3 Å². The number of nitrogens with zero attached hydrogens (tertiary/aromatic N) is 2. The van der Waals surface area contributed by atoms with Gasteiger partial charge in [-0.25, -0.2) is 0 Å². The molecule has 2 aromatic rings. The zero-order valence-electron chi connectivity index (χ0n) is 15.4. The summed E-state index contributed by atoms with van der Waals surface area (Å²) < 4.78 is 3.00. The molecule has 1 aliphatic rings. The van der Waals surface area contributed by atoms with Gasteiger partial charge in [0.2, 0.25) is 5.78 Å². The summed E-state index contributed by atoms with van der Waals surface area (Å²) in [6.07, 6.45) is 5.12. The molecule has 0 radical (unpaired) electrons. The first-order valence-electron chi connectivity index (χ1n) is 9.00. The van der Waals surface area contributed by atoms with Crippen molar-refractivity contribution in [2.75, 3.05) is 20.6 Å². The van der Waals surface area contributed by atoms with Crippen molar-refractivity contribution in [3.8, 4) is 5.69 Å². The smallest absolute Gasteiger partial charge is 0.218 e. The molecule has 0 bridgehead atoms. The summed E-state index contributed by atoms with van der Waals surface area (Å²) in [4.78, 5) is 13.0. The Morgan fingerprint density at radius 2 is 1.75 bits per heavy atom. The van der Waals surface area contributed by atoms with Crippen LogP contribution in [0.5, 0.6) is 0 Å². The zero-order valence-corrected chi connectivity index (χ0v) is 15.4. The van der Waals surface area contributed by atoms with Gasteiger partial charge < -0.3 is 9.05 Å². The fraction of sp³-hybridized carbons (Fsp3) is 0.476. The summed E-state index contributed by atoms with van der Waals surface area (Å²) in [7, 11) is 4.43. The molecule has 3 heteroatoms. The first-order chi connectivity index (χ1) is 11.4. The molecule has 0 atom stereocenters. The van der Waals surface area contributed by atoms with Crippen LogP contribution in [0.3, 0.4) is 0 Å². The van der Waals surface area contributed by atoms with E-state index in [4.69, 9.17) is 0 Å². The number of hydrogen-bond acceptors (Lipinski definition) is 1. The SMILES string of the molecule is Cc1cc(C(=O)C[N+](C)(C)C2CCCC2)c(C)n1-c1ccccc1. The van der Waals surface area contributed by atoms with Gasteiger partial charge >= 0.3 is 0 Å². The summed E-state index contributed by atoms with van der Waals surface area (Å²) in [6.45, 7) is 4.72. The molecule has 0 spiro atoms. The maximum Gasteiger partial charge on any atom is 0.218 e. The molecule has 1 aromatic heterocycles. The average Bonchev–Trinajstić information content (AvgIpc) is 3.17. The van der Waals surface area contributed by atoms with Crippen molar-refractivity contribution in [1.29, 1.82) is 0 Å². The average molecular weight is 325 g/mol. The van der Waals surface area contributed by atoms with Crippen LogP contribution in [-0.4, -0.2) is 41.5 Å². The summed E-state index contributed by atoms with van der Waals surface area (Å²) in [5.74, 6) is 0.266. The molecule has 24 heavy (non-hydrogen) atoms. The molecule has 3 rings (SSSR count). The van der Waals surface area contributed by atoms with E-state index in [-0.39, 0.29) is 5.78 Å². The Balaban J connectivity index is 1.86. The predicted octanol–water partition coefficient (Wildman–Crippen LogP) is 4.30. The monoisotopic (exact) mass is 325 g/mol. The van der Waals surface area contributed by atoms with Crippen LogP contribution in [0.1, 0.15) is 47.4 Å². The lowest BCUT2D eigenvalue weighted by Crippen LogP contribution is -2.50. The number of carbonyl (C=O) groups excluding carboxylic acids is 1. The highest BCUT2D eigenvalue weighted by Crippen LogP contribution is 2.28. The summed E-state index contributed by atoms with van der Waals surface area (Å²) >= 11 is 0. The first kappa shape index (κ1) is 17.0. The van der Waals surface area contributed by atoms with Gasteiger partial charge in [-0.2, -0.15) is 0 Å². The minimum absolute atomic E-state index is 0.266.